The van der Waals surface area contributed by atoms with Gasteiger partial charge in [-0.2, -0.15) is 12.6 Å². The Balaban J connectivity index is 3.06. The molecule has 0 saturated heterocycles. The lowest BCUT2D eigenvalue weighted by Crippen LogP contribution is -2.17. The van der Waals surface area contributed by atoms with Crippen LogP contribution in [0.15, 0.2) is 0 Å². The molecule has 0 aliphatic carbocycles. The zero-order valence-electron chi connectivity index (χ0n) is 9.71. The van der Waals surface area contributed by atoms with Crippen molar-refractivity contribution in [2.75, 3.05) is 46.2 Å². The summed E-state index contributed by atoms with van der Waals surface area (Å²) in [7, 11) is 0. The third kappa shape index (κ3) is 11.9. The molecule has 17 heavy (non-hydrogen) atoms. The summed E-state index contributed by atoms with van der Waals surface area (Å²) < 4.78 is 15.3. The second-order valence-corrected chi connectivity index (χ2v) is 3.83. The molecular weight excluding hydrogens is 248 g/mol. The van der Waals surface area contributed by atoms with Crippen molar-refractivity contribution in [2.24, 2.45) is 0 Å². The molecule has 102 valence electrons. The maximum atomic E-state index is 10.4. The average molecular weight is 268 g/mol. The summed E-state index contributed by atoms with van der Waals surface area (Å²) in [5, 5.41) is 16.3. The number of hydrogen-bond acceptors (Lipinski definition) is 6. The number of aliphatic hydroxyl groups is 1. The van der Waals surface area contributed by atoms with Gasteiger partial charge < -0.3 is 24.4 Å². The van der Waals surface area contributed by atoms with E-state index in [0.29, 0.717) is 46.1 Å². The predicted octanol–water partition coefficient (Wildman–Crippen LogP) is -0.198. The number of carbonyl (C=O) groups is 1. The van der Waals surface area contributed by atoms with Crippen molar-refractivity contribution in [3.05, 3.63) is 0 Å². The fraction of sp³-hybridized carbons (Fsp3) is 0.900. The van der Waals surface area contributed by atoms with E-state index in [1.54, 1.807) is 0 Å². The lowest BCUT2D eigenvalue weighted by molar-refractivity contribution is -0.136. The first-order valence-corrected chi connectivity index (χ1v) is 5.95. The third-order valence-electron chi connectivity index (χ3n) is 1.80. The summed E-state index contributed by atoms with van der Waals surface area (Å²) in [6, 6.07) is 0. The van der Waals surface area contributed by atoms with E-state index < -0.39 is 11.2 Å². The molecule has 0 amide bonds. The molecular formula is C10H20O6S. The normalized spacial score (nSPS) is 12.6. The molecule has 0 bridgehead atoms. The molecule has 0 heterocycles. The lowest BCUT2D eigenvalue weighted by Gasteiger charge is -2.07. The molecule has 0 spiro atoms. The molecule has 0 saturated carbocycles. The summed E-state index contributed by atoms with van der Waals surface area (Å²) in [6.07, 6.45) is 0.373. The molecule has 6 nitrogen and oxygen atoms in total. The standard InChI is InChI=1S/C10H20O6S/c11-2-4-15-6-8-16-7-5-14-3-1-9(17)10(12)13/h9,11,17H,1-8H2,(H,12,13). The Bertz CT molecular complexity index is 190. The number of aliphatic carboxylic acids is 1. The van der Waals surface area contributed by atoms with Gasteiger partial charge in [-0.3, -0.25) is 4.79 Å². The summed E-state index contributed by atoms with van der Waals surface area (Å²) in [5.74, 6) is -0.936. The van der Waals surface area contributed by atoms with Gasteiger partial charge in [-0.15, -0.1) is 0 Å². The van der Waals surface area contributed by atoms with Crippen molar-refractivity contribution in [3.63, 3.8) is 0 Å². The van der Waals surface area contributed by atoms with E-state index in [9.17, 15) is 4.79 Å². The molecule has 0 aromatic carbocycles. The molecule has 0 radical (unpaired) electrons. The van der Waals surface area contributed by atoms with Gasteiger partial charge in [0.05, 0.1) is 39.6 Å². The summed E-state index contributed by atoms with van der Waals surface area (Å²) in [4.78, 5) is 10.4. The number of thiol groups is 1. The maximum absolute atomic E-state index is 10.4. The van der Waals surface area contributed by atoms with Crippen molar-refractivity contribution in [3.8, 4) is 0 Å². The van der Waals surface area contributed by atoms with Crippen molar-refractivity contribution >= 4 is 18.6 Å². The molecule has 0 rings (SSSR count). The van der Waals surface area contributed by atoms with Crippen LogP contribution in [0.1, 0.15) is 6.42 Å². The van der Waals surface area contributed by atoms with Crippen molar-refractivity contribution in [1.82, 2.24) is 0 Å². The van der Waals surface area contributed by atoms with E-state index >= 15 is 0 Å². The highest BCUT2D eigenvalue weighted by Gasteiger charge is 2.10. The number of rotatable bonds is 12. The molecule has 0 aliphatic rings. The number of carboxylic acid groups (broad SMARTS) is 1. The fourth-order valence-corrected chi connectivity index (χ4v) is 1.03. The minimum atomic E-state index is -0.936. The third-order valence-corrected chi connectivity index (χ3v) is 2.28. The monoisotopic (exact) mass is 268 g/mol. The van der Waals surface area contributed by atoms with E-state index in [0.717, 1.165) is 0 Å². The van der Waals surface area contributed by atoms with Crippen molar-refractivity contribution in [1.29, 1.82) is 0 Å². The van der Waals surface area contributed by atoms with Gasteiger partial charge in [0.1, 0.15) is 5.25 Å². The molecule has 0 aromatic rings. The van der Waals surface area contributed by atoms with E-state index in [2.05, 4.69) is 12.6 Å². The van der Waals surface area contributed by atoms with Gasteiger partial charge in [0.15, 0.2) is 0 Å². The summed E-state index contributed by atoms with van der Waals surface area (Å²) >= 11 is 3.87. The Kier molecular flexibility index (Phi) is 11.9. The number of ether oxygens (including phenoxy) is 3. The first-order valence-electron chi connectivity index (χ1n) is 5.43. The zero-order chi connectivity index (χ0) is 12.9. The minimum Gasteiger partial charge on any atom is -0.480 e. The minimum absolute atomic E-state index is 0.0115. The number of aliphatic hydroxyl groups excluding tert-OH is 1. The van der Waals surface area contributed by atoms with E-state index in [1.807, 2.05) is 0 Å². The molecule has 0 aromatic heterocycles. The Morgan fingerprint density at radius 1 is 1.00 bits per heavy atom. The highest BCUT2D eigenvalue weighted by molar-refractivity contribution is 7.81. The van der Waals surface area contributed by atoms with Crippen LogP contribution in [0.2, 0.25) is 0 Å². The van der Waals surface area contributed by atoms with Crippen LogP contribution in [0.25, 0.3) is 0 Å². The van der Waals surface area contributed by atoms with Crippen LogP contribution in [-0.4, -0.2) is 67.7 Å². The van der Waals surface area contributed by atoms with Crippen LogP contribution in [0.4, 0.5) is 0 Å². The van der Waals surface area contributed by atoms with Gasteiger partial charge >= 0.3 is 5.97 Å². The van der Waals surface area contributed by atoms with E-state index in [1.165, 1.54) is 0 Å². The molecule has 7 heteroatoms. The van der Waals surface area contributed by atoms with Crippen LogP contribution in [0, 0.1) is 0 Å². The number of hydrogen-bond donors (Lipinski definition) is 3. The Labute approximate surface area is 106 Å². The Morgan fingerprint density at radius 3 is 1.94 bits per heavy atom. The van der Waals surface area contributed by atoms with Crippen LogP contribution >= 0.6 is 12.6 Å². The fourth-order valence-electron chi connectivity index (χ4n) is 0.925. The predicted molar refractivity (Wildman–Crippen MR) is 64.6 cm³/mol. The highest BCUT2D eigenvalue weighted by atomic mass is 32.1. The zero-order valence-corrected chi connectivity index (χ0v) is 10.6. The molecule has 2 N–H and O–H groups in total. The maximum Gasteiger partial charge on any atom is 0.316 e. The SMILES string of the molecule is O=C(O)C(S)CCOCCOCCOCCO. The van der Waals surface area contributed by atoms with Gasteiger partial charge in [-0.25, -0.2) is 0 Å². The van der Waals surface area contributed by atoms with E-state index in [-0.39, 0.29) is 6.61 Å². The molecule has 1 atom stereocenters. The average Bonchev–Trinajstić information content (AvgIpc) is 2.31. The van der Waals surface area contributed by atoms with Crippen LogP contribution < -0.4 is 0 Å². The van der Waals surface area contributed by atoms with Gasteiger partial charge in [0.2, 0.25) is 0 Å². The highest BCUT2D eigenvalue weighted by Crippen LogP contribution is 2.01. The van der Waals surface area contributed by atoms with E-state index in [4.69, 9.17) is 24.4 Å². The molecule has 0 fully saturated rings. The molecule has 1 unspecified atom stereocenters. The first-order chi connectivity index (χ1) is 8.18. The topological polar surface area (TPSA) is 85.2 Å². The second-order valence-electron chi connectivity index (χ2n) is 3.20. The van der Waals surface area contributed by atoms with Crippen LogP contribution in [0.3, 0.4) is 0 Å². The molecule has 0 aliphatic heterocycles. The summed E-state index contributed by atoms with van der Waals surface area (Å²) in [6.45, 7) is 2.43. The van der Waals surface area contributed by atoms with Gasteiger partial charge in [0.25, 0.3) is 0 Å². The Hall–Kier alpha value is -0.340. The van der Waals surface area contributed by atoms with Crippen molar-refractivity contribution < 1.29 is 29.2 Å². The van der Waals surface area contributed by atoms with Gasteiger partial charge in [-0.1, -0.05) is 0 Å². The summed E-state index contributed by atoms with van der Waals surface area (Å²) in [5.41, 5.74) is 0. The number of carboxylic acids is 1. The smallest absolute Gasteiger partial charge is 0.316 e. The first kappa shape index (κ1) is 16.7. The van der Waals surface area contributed by atoms with Gasteiger partial charge in [-0.05, 0) is 6.42 Å². The van der Waals surface area contributed by atoms with Crippen LogP contribution in [-0.2, 0) is 19.0 Å². The lowest BCUT2D eigenvalue weighted by atomic mass is 10.3. The van der Waals surface area contributed by atoms with Crippen molar-refractivity contribution in [2.45, 2.75) is 11.7 Å². The second kappa shape index (κ2) is 12.1. The van der Waals surface area contributed by atoms with Crippen LogP contribution in [0.5, 0.6) is 0 Å². The van der Waals surface area contributed by atoms with Gasteiger partial charge in [0, 0.05) is 6.61 Å². The largest absolute Gasteiger partial charge is 0.480 e. The quantitative estimate of drug-likeness (QED) is 0.336. The Morgan fingerprint density at radius 2 is 1.47 bits per heavy atom.